The average molecular weight is 1870 g/mol. The first-order valence-corrected chi connectivity index (χ1v) is 40.1. The number of ether oxygens (including phenoxy) is 6. The molecule has 16 nitrogen and oxygen atoms in total. The second-order valence-electron chi connectivity index (χ2n) is 22.2. The number of ketones is 4. The molecule has 0 spiro atoms. The number of carbonyl (C=O) groups is 7. The van der Waals surface area contributed by atoms with Crippen LogP contribution in [-0.2, 0) is 130 Å². The van der Waals surface area contributed by atoms with E-state index in [2.05, 4.69) is 100 Å². The van der Waals surface area contributed by atoms with Crippen molar-refractivity contribution >= 4 is 145 Å². The van der Waals surface area contributed by atoms with Crippen LogP contribution in [0.2, 0.25) is 0 Å². The zero-order valence-corrected chi connectivity index (χ0v) is 74.1. The predicted octanol–water partition coefficient (Wildman–Crippen LogP) is 18.5. The number of Topliss-reactive ketones (excluding diaryl/α,β-unsaturated/α-hetero) is 4. The molecule has 1 aromatic heterocycles. The van der Waals surface area contributed by atoms with E-state index in [0.29, 0.717) is 71.4 Å². The van der Waals surface area contributed by atoms with Gasteiger partial charge in [-0.3, -0.25) is 30.0 Å². The van der Waals surface area contributed by atoms with E-state index in [0.717, 1.165) is 109 Å². The number of carbonyl (C=O) groups excluding carboxylic acids is 7. The van der Waals surface area contributed by atoms with E-state index >= 15 is 0 Å². The number of aliphatic imine (C=N–C) groups is 1. The van der Waals surface area contributed by atoms with Crippen LogP contribution in [-0.4, -0.2) is 106 Å². The molecule has 9 atom stereocenters. The Kier molecular flexibility index (Phi) is 39.7. The summed E-state index contributed by atoms with van der Waals surface area (Å²) in [5, 5.41) is 2.44. The third kappa shape index (κ3) is 21.8. The molecular formula is C76H77BrN3O13P7V3W. The molecular weight excluding hydrogens is 1800 g/mol. The molecule has 4 aliphatic heterocycles. The van der Waals surface area contributed by atoms with Gasteiger partial charge in [-0.2, -0.15) is 9.24 Å². The molecule has 9 unspecified atom stereocenters. The van der Waals surface area contributed by atoms with Crippen molar-refractivity contribution in [2.24, 2.45) is 4.99 Å². The Labute approximate surface area is 681 Å². The molecule has 0 amide bonds. The number of imidazole rings is 1. The summed E-state index contributed by atoms with van der Waals surface area (Å²) in [5.74, 6) is 5.89. The van der Waals surface area contributed by atoms with Crippen LogP contribution in [0.25, 0.3) is 55.4 Å². The number of fused-ring (bicyclic) bond motifs is 14. The molecule has 5 heterocycles. The minimum atomic E-state index is -0.817. The van der Waals surface area contributed by atoms with Gasteiger partial charge in [-0.25, -0.2) is 31.0 Å². The molecule has 0 bridgehead atoms. The van der Waals surface area contributed by atoms with E-state index in [-0.39, 0.29) is 178 Å². The van der Waals surface area contributed by atoms with Crippen LogP contribution in [0.15, 0.2) is 132 Å². The number of aromatic amines is 1. The van der Waals surface area contributed by atoms with Crippen molar-refractivity contribution < 1.29 is 139 Å². The fourth-order valence-electron chi connectivity index (χ4n) is 11.9. The van der Waals surface area contributed by atoms with E-state index in [1.807, 2.05) is 43.2 Å². The number of hydrogen-bond donors (Lipinski definition) is 1. The van der Waals surface area contributed by atoms with Gasteiger partial charge < -0.3 is 75.4 Å². The molecule has 0 saturated heterocycles. The first-order valence-electron chi connectivity index (χ1n) is 30.7. The first-order chi connectivity index (χ1) is 47.0. The van der Waals surface area contributed by atoms with Gasteiger partial charge in [-0.05, 0) is 198 Å². The normalized spacial score (nSPS) is 14.5. The molecule has 104 heavy (non-hydrogen) atoms. The Morgan fingerprint density at radius 2 is 1.12 bits per heavy atom. The fraction of sp³-hybridized carbons (Fsp3) is 0.211. The number of nitrogens with one attached hydrogen (secondary N) is 1. The molecule has 2 aliphatic carbocycles. The van der Waals surface area contributed by atoms with Gasteiger partial charge in [0.25, 0.3) is 0 Å². The van der Waals surface area contributed by atoms with E-state index in [1.54, 1.807) is 49.5 Å². The minimum Gasteiger partial charge on any atom is -0.514 e. The number of benzene rings is 7. The summed E-state index contributed by atoms with van der Waals surface area (Å²) in [5.41, 5.74) is 18.5. The number of aromatic nitrogens is 2. The molecule has 3 radical (unpaired) electrons. The monoisotopic (exact) mass is 1870 g/mol. The second kappa shape index (κ2) is 44.1. The van der Waals surface area contributed by atoms with Crippen molar-refractivity contribution in [3.63, 3.8) is 0 Å². The standard InChI is InChI=1S/C25H20N3OP2.C24H21O7P2.C21H18BrO5P.C2H4P.CH5P.3CH3.3V.W/c1-3-31-24-11-19-18-10-23-20(9-14(18)5-7-21(19)27-24)17-6-4-15(8-16(17)13-29-23)22-12-26-25(28-22)30-2;1-3-33-24(28)31-20-7-5-13-9-18-16-6-4-14(19(25)12-30-23(27)32-2)8-15(16)11-29-21(18)10-17(13)22(20)26;1-28-21(25)27-10-18(23)12-2-4-14-13(6-12)9-26-19-8-15-11(7-16(14)19)3-5-17(22)20(15)24;1-2-3;1-2;;;;;;;/h1,3-10,12,30-31H,11,13H2,2H3,(H,26,28);1,3-4,6,8-10,20,32-33H,5,7,11-12H2,2H3;2,4,6-8,17,28H,3,5,9-10H2,1H3;1-2H,3H2;2H2,1H3;3*1H3;;;;/q2*-1;;-1;;3*-1;3*+2;. The van der Waals surface area contributed by atoms with Gasteiger partial charge in [0.15, 0.2) is 36.7 Å². The van der Waals surface area contributed by atoms with Gasteiger partial charge in [0.2, 0.25) is 5.78 Å². The Hall–Kier alpha value is -4.68. The molecule has 537 valence electrons. The molecule has 8 aromatic rings. The summed E-state index contributed by atoms with van der Waals surface area (Å²) in [7, 11) is 5.48. The number of alkyl halides is 1. The molecule has 7 aromatic carbocycles. The first kappa shape index (κ1) is 93.5. The van der Waals surface area contributed by atoms with E-state index in [9.17, 15) is 33.6 Å². The maximum atomic E-state index is 12.9. The third-order valence-electron chi connectivity index (χ3n) is 16.5. The van der Waals surface area contributed by atoms with Crippen LogP contribution in [0.4, 0.5) is 20.1 Å². The summed E-state index contributed by atoms with van der Waals surface area (Å²) in [6.45, 7) is 23.6. The Morgan fingerprint density at radius 1 is 0.615 bits per heavy atom. The fourth-order valence-corrected chi connectivity index (χ4v) is 14.3. The summed E-state index contributed by atoms with van der Waals surface area (Å²) < 4.78 is 33.2. The van der Waals surface area contributed by atoms with Crippen molar-refractivity contribution in [1.82, 2.24) is 9.97 Å². The van der Waals surface area contributed by atoms with Gasteiger partial charge in [-0.15, -0.1) is 9.24 Å². The SMILES string of the molecule is CP.CPC(=O)OCC(=O)c1ccc2c(c1)COc1cc3c(cc1-2)CCC(Br)C3=O.[CH-]=CP.[CH-]=CPC(=O)OC1CCc2cc3c(cc2C1=O)OCc1cc(C(=O)COC(=O)PC)ccc1-3.[CH-]=CPC1=Nc2ccc3cc4c(cc3c2C1)OCc1cc(-c2cnc(PC)[nH]2)ccc1-4.[CH3-].[CH3-].[CH3-].[V+2].[V+2].[V+2].[W]. The van der Waals surface area contributed by atoms with Gasteiger partial charge in [0, 0.05) is 71.9 Å². The van der Waals surface area contributed by atoms with Crippen LogP contribution >= 0.6 is 77.3 Å². The summed E-state index contributed by atoms with van der Waals surface area (Å²) in [6, 6.07) is 33.6. The zero-order valence-electron chi connectivity index (χ0n) is 58.1. The van der Waals surface area contributed by atoms with Crippen LogP contribution < -0.4 is 19.8 Å². The quantitative estimate of drug-likeness (QED) is 0.0332. The number of nitrogens with zero attached hydrogens (tertiary/aromatic N) is 2. The Balaban J connectivity index is 0.000000381. The second-order valence-corrected chi connectivity index (χ2v) is 28.7. The molecule has 28 heteroatoms. The zero-order chi connectivity index (χ0) is 69.0. The van der Waals surface area contributed by atoms with Crippen LogP contribution in [0.5, 0.6) is 17.2 Å². The molecule has 14 rings (SSSR count). The smallest absolute Gasteiger partial charge is 0.514 e. The Bertz CT molecular complexity index is 4560. The number of H-pyrrole nitrogens is 1. The van der Waals surface area contributed by atoms with Gasteiger partial charge >= 0.3 is 72.8 Å². The average Bonchev–Trinajstić information content (AvgIpc) is 1.15. The predicted molar refractivity (Wildman–Crippen MR) is 424 cm³/mol. The van der Waals surface area contributed by atoms with Gasteiger partial charge in [0.1, 0.15) is 42.6 Å². The van der Waals surface area contributed by atoms with Crippen LogP contribution in [0.1, 0.15) is 87.7 Å². The van der Waals surface area contributed by atoms with Crippen molar-refractivity contribution in [3.8, 4) is 61.9 Å². The maximum Gasteiger partial charge on any atom is 2.00 e. The third-order valence-corrected chi connectivity index (χ3v) is 20.6. The van der Waals surface area contributed by atoms with Crippen molar-refractivity contribution in [1.29, 1.82) is 0 Å². The minimum absolute atomic E-state index is 0. The van der Waals surface area contributed by atoms with E-state index in [1.165, 1.54) is 39.1 Å². The summed E-state index contributed by atoms with van der Waals surface area (Å²) >= 11 is 3.44. The largest absolute Gasteiger partial charge is 2.00 e. The number of rotatable bonds is 15. The molecule has 1 N–H and O–H groups in total. The topological polar surface area (TPSA) is 216 Å². The molecule has 0 saturated carbocycles. The molecule has 6 aliphatic rings. The van der Waals surface area contributed by atoms with Crippen molar-refractivity contribution in [2.75, 3.05) is 39.9 Å². The molecule has 0 fully saturated rings. The van der Waals surface area contributed by atoms with E-state index in [4.69, 9.17) is 46.6 Å². The number of hydrogen-bond acceptors (Lipinski definition) is 15. The maximum absolute atomic E-state index is 12.9. The number of aryl methyl sites for hydroxylation is 2. The Morgan fingerprint density at radius 3 is 1.62 bits per heavy atom. The van der Waals surface area contributed by atoms with Crippen LogP contribution in [0, 0.1) is 42.0 Å². The van der Waals surface area contributed by atoms with Crippen molar-refractivity contribution in [2.45, 2.75) is 62.9 Å². The summed E-state index contributed by atoms with van der Waals surface area (Å²) in [4.78, 5) is 96.8. The van der Waals surface area contributed by atoms with E-state index < -0.39 is 17.5 Å². The van der Waals surface area contributed by atoms with Crippen LogP contribution in [0.3, 0.4) is 0 Å². The van der Waals surface area contributed by atoms with Gasteiger partial charge in [0.05, 0.1) is 22.4 Å². The van der Waals surface area contributed by atoms with Crippen molar-refractivity contribution in [3.05, 3.63) is 224 Å². The summed E-state index contributed by atoms with van der Waals surface area (Å²) in [6.07, 6.45) is 4.56. The number of halogens is 1. The van der Waals surface area contributed by atoms with Gasteiger partial charge in [-0.1, -0.05) is 82.2 Å².